The highest BCUT2D eigenvalue weighted by atomic mass is 32.2. The zero-order chi connectivity index (χ0) is 18.1. The fraction of sp³-hybridized carbons (Fsp3) is 0.263. The van der Waals surface area contributed by atoms with Crippen molar-refractivity contribution in [3.8, 4) is 5.75 Å². The number of anilines is 2. The van der Waals surface area contributed by atoms with Crippen LogP contribution in [-0.2, 0) is 16.0 Å². The van der Waals surface area contributed by atoms with Crippen molar-refractivity contribution < 1.29 is 14.3 Å². The lowest BCUT2D eigenvalue weighted by Gasteiger charge is -2.09. The lowest BCUT2D eigenvalue weighted by molar-refractivity contribution is -0.114. The third kappa shape index (κ3) is 6.15. The number of hydrogen-bond acceptors (Lipinski definition) is 4. The van der Waals surface area contributed by atoms with Gasteiger partial charge in [0.05, 0.1) is 18.6 Å². The molecule has 0 atom stereocenters. The molecule has 0 aliphatic heterocycles. The maximum atomic E-state index is 12.0. The summed E-state index contributed by atoms with van der Waals surface area (Å²) in [4.78, 5) is 23.9. The van der Waals surface area contributed by atoms with Gasteiger partial charge in [0.2, 0.25) is 11.8 Å². The third-order valence-corrected chi connectivity index (χ3v) is 4.45. The van der Waals surface area contributed by atoms with Crippen molar-refractivity contribution in [2.75, 3.05) is 29.2 Å². The van der Waals surface area contributed by atoms with E-state index in [0.717, 1.165) is 23.4 Å². The van der Waals surface area contributed by atoms with Crippen molar-refractivity contribution in [1.82, 2.24) is 0 Å². The van der Waals surface area contributed by atoms with Gasteiger partial charge in [0.15, 0.2) is 0 Å². The minimum absolute atomic E-state index is 0.108. The van der Waals surface area contributed by atoms with Crippen LogP contribution in [0.25, 0.3) is 0 Å². The van der Waals surface area contributed by atoms with Gasteiger partial charge in [-0.1, -0.05) is 25.1 Å². The molecule has 0 heterocycles. The molecule has 0 unspecified atom stereocenters. The van der Waals surface area contributed by atoms with Gasteiger partial charge in [0.1, 0.15) is 5.75 Å². The Balaban J connectivity index is 1.73. The number of rotatable bonds is 8. The van der Waals surface area contributed by atoms with E-state index in [4.69, 9.17) is 4.74 Å². The zero-order valence-corrected chi connectivity index (χ0v) is 15.2. The summed E-state index contributed by atoms with van der Waals surface area (Å²) in [5.41, 5.74) is 2.63. The van der Waals surface area contributed by atoms with E-state index < -0.39 is 0 Å². The first-order chi connectivity index (χ1) is 12.1. The Labute approximate surface area is 152 Å². The molecular weight excluding hydrogens is 336 g/mol. The monoisotopic (exact) mass is 358 g/mol. The van der Waals surface area contributed by atoms with Crippen LogP contribution in [0, 0.1) is 0 Å². The number of ether oxygens (including phenoxy) is 1. The van der Waals surface area contributed by atoms with Crippen LogP contribution < -0.4 is 15.4 Å². The predicted molar refractivity (Wildman–Crippen MR) is 103 cm³/mol. The SMILES string of the molecule is CCc1ccccc1NC(=O)CSCC(=O)Nc1ccc(OC)cc1. The summed E-state index contributed by atoms with van der Waals surface area (Å²) in [7, 11) is 1.59. The first kappa shape index (κ1) is 18.9. The predicted octanol–water partition coefficient (Wildman–Crippen LogP) is 3.57. The molecule has 25 heavy (non-hydrogen) atoms. The van der Waals surface area contributed by atoms with Crippen LogP contribution in [0.1, 0.15) is 12.5 Å². The molecule has 0 aliphatic rings. The number of thioether (sulfide) groups is 1. The van der Waals surface area contributed by atoms with E-state index in [2.05, 4.69) is 10.6 Å². The van der Waals surface area contributed by atoms with E-state index in [1.807, 2.05) is 31.2 Å². The number of nitrogens with one attached hydrogen (secondary N) is 2. The van der Waals surface area contributed by atoms with Crippen LogP contribution in [0.3, 0.4) is 0 Å². The molecule has 0 aliphatic carbocycles. The van der Waals surface area contributed by atoms with Gasteiger partial charge in [0, 0.05) is 11.4 Å². The van der Waals surface area contributed by atoms with E-state index in [1.165, 1.54) is 11.8 Å². The molecule has 0 fully saturated rings. The lowest BCUT2D eigenvalue weighted by atomic mass is 10.1. The van der Waals surface area contributed by atoms with E-state index >= 15 is 0 Å². The zero-order valence-electron chi connectivity index (χ0n) is 14.4. The summed E-state index contributed by atoms with van der Waals surface area (Å²) in [5, 5.41) is 5.68. The Bertz CT molecular complexity index is 717. The number of carbonyl (C=O) groups excluding carboxylic acids is 2. The first-order valence-corrected chi connectivity index (χ1v) is 9.17. The number of benzene rings is 2. The second kappa shape index (κ2) is 9.74. The summed E-state index contributed by atoms with van der Waals surface area (Å²) in [5.74, 6) is 0.930. The topological polar surface area (TPSA) is 67.4 Å². The van der Waals surface area contributed by atoms with E-state index in [0.29, 0.717) is 5.69 Å². The molecule has 2 aromatic carbocycles. The van der Waals surface area contributed by atoms with E-state index in [9.17, 15) is 9.59 Å². The minimum Gasteiger partial charge on any atom is -0.497 e. The highest BCUT2D eigenvalue weighted by molar-refractivity contribution is 8.00. The van der Waals surface area contributed by atoms with Gasteiger partial charge in [-0.3, -0.25) is 9.59 Å². The molecule has 0 saturated carbocycles. The highest BCUT2D eigenvalue weighted by Gasteiger charge is 2.08. The second-order valence-corrected chi connectivity index (χ2v) is 6.31. The lowest BCUT2D eigenvalue weighted by Crippen LogP contribution is -2.19. The molecule has 0 bridgehead atoms. The summed E-state index contributed by atoms with van der Waals surface area (Å²) in [6.45, 7) is 2.04. The van der Waals surface area contributed by atoms with Gasteiger partial charge in [-0.25, -0.2) is 0 Å². The Hall–Kier alpha value is -2.47. The van der Waals surface area contributed by atoms with E-state index in [-0.39, 0.29) is 23.3 Å². The van der Waals surface area contributed by atoms with Gasteiger partial charge in [-0.05, 0) is 42.3 Å². The highest BCUT2D eigenvalue weighted by Crippen LogP contribution is 2.17. The third-order valence-electron chi connectivity index (χ3n) is 3.51. The van der Waals surface area contributed by atoms with Crippen LogP contribution in [-0.4, -0.2) is 30.4 Å². The second-order valence-electron chi connectivity index (χ2n) is 5.33. The normalized spacial score (nSPS) is 10.2. The molecular formula is C19H22N2O3S. The number of amides is 2. The Morgan fingerprint density at radius 3 is 2.24 bits per heavy atom. The fourth-order valence-electron chi connectivity index (χ4n) is 2.24. The number of aryl methyl sites for hydroxylation is 1. The van der Waals surface area contributed by atoms with Gasteiger partial charge in [-0.2, -0.15) is 0 Å². The Morgan fingerprint density at radius 1 is 0.960 bits per heavy atom. The van der Waals surface area contributed by atoms with Crippen molar-refractivity contribution in [2.45, 2.75) is 13.3 Å². The van der Waals surface area contributed by atoms with Gasteiger partial charge in [-0.15, -0.1) is 11.8 Å². The number of para-hydroxylation sites is 1. The van der Waals surface area contributed by atoms with Crippen molar-refractivity contribution >= 4 is 35.0 Å². The Morgan fingerprint density at radius 2 is 1.60 bits per heavy atom. The van der Waals surface area contributed by atoms with Crippen molar-refractivity contribution in [3.63, 3.8) is 0 Å². The molecule has 0 radical (unpaired) electrons. The summed E-state index contributed by atoms with van der Waals surface area (Å²) >= 11 is 1.28. The smallest absolute Gasteiger partial charge is 0.234 e. The molecule has 0 saturated heterocycles. The first-order valence-electron chi connectivity index (χ1n) is 8.01. The van der Waals surface area contributed by atoms with Crippen molar-refractivity contribution in [2.24, 2.45) is 0 Å². The largest absolute Gasteiger partial charge is 0.497 e. The number of carbonyl (C=O) groups is 2. The molecule has 2 amide bonds. The molecule has 0 spiro atoms. The van der Waals surface area contributed by atoms with E-state index in [1.54, 1.807) is 31.4 Å². The molecule has 0 aromatic heterocycles. The van der Waals surface area contributed by atoms with Crippen molar-refractivity contribution in [1.29, 1.82) is 0 Å². The number of hydrogen-bond donors (Lipinski definition) is 2. The molecule has 2 N–H and O–H groups in total. The Kier molecular flexibility index (Phi) is 7.35. The van der Waals surface area contributed by atoms with Crippen LogP contribution in [0.15, 0.2) is 48.5 Å². The van der Waals surface area contributed by atoms with Crippen LogP contribution in [0.4, 0.5) is 11.4 Å². The average Bonchev–Trinajstić information content (AvgIpc) is 2.62. The van der Waals surface area contributed by atoms with Crippen LogP contribution in [0.2, 0.25) is 0 Å². The quantitative estimate of drug-likeness (QED) is 0.757. The van der Waals surface area contributed by atoms with Crippen molar-refractivity contribution in [3.05, 3.63) is 54.1 Å². The molecule has 6 heteroatoms. The van der Waals surface area contributed by atoms with Gasteiger partial charge >= 0.3 is 0 Å². The molecule has 5 nitrogen and oxygen atoms in total. The minimum atomic E-state index is -0.142. The van der Waals surface area contributed by atoms with Crippen LogP contribution >= 0.6 is 11.8 Å². The molecule has 2 aromatic rings. The average molecular weight is 358 g/mol. The summed E-state index contributed by atoms with van der Waals surface area (Å²) in [6, 6.07) is 14.8. The summed E-state index contributed by atoms with van der Waals surface area (Å²) < 4.78 is 5.07. The maximum Gasteiger partial charge on any atom is 0.234 e. The van der Waals surface area contributed by atoms with Gasteiger partial charge in [0.25, 0.3) is 0 Å². The van der Waals surface area contributed by atoms with Crippen LogP contribution in [0.5, 0.6) is 5.75 Å². The number of methoxy groups -OCH3 is 1. The fourth-order valence-corrected chi connectivity index (χ4v) is 2.86. The standard InChI is InChI=1S/C19H22N2O3S/c1-3-14-6-4-5-7-17(14)21-19(23)13-25-12-18(22)20-15-8-10-16(24-2)11-9-15/h4-11H,3,12-13H2,1-2H3,(H,20,22)(H,21,23). The maximum absolute atomic E-state index is 12.0. The molecule has 2 rings (SSSR count). The molecule has 132 valence electrons. The summed E-state index contributed by atoms with van der Waals surface area (Å²) in [6.07, 6.45) is 0.855. The van der Waals surface area contributed by atoms with Gasteiger partial charge < -0.3 is 15.4 Å².